The monoisotopic (exact) mass is 222 g/mol. The van der Waals surface area contributed by atoms with Gasteiger partial charge in [-0.1, -0.05) is 24.0 Å². The second-order valence-corrected chi connectivity index (χ2v) is 10.3. The van der Waals surface area contributed by atoms with Gasteiger partial charge in [0.2, 0.25) is 0 Å². The van der Waals surface area contributed by atoms with Gasteiger partial charge in [0.15, 0.2) is 8.07 Å². The second-order valence-electron chi connectivity index (χ2n) is 3.28. The summed E-state index contributed by atoms with van der Waals surface area (Å²) in [5, 5.41) is 0. The maximum absolute atomic E-state index is 12.8. The van der Waals surface area contributed by atoms with Crippen LogP contribution in [0.5, 0.6) is 0 Å². The van der Waals surface area contributed by atoms with E-state index in [1.165, 1.54) is 0 Å². The Balaban J connectivity index is 5.14. The summed E-state index contributed by atoms with van der Waals surface area (Å²) in [6, 6.07) is 0. The Bertz CT molecular complexity index is 255. The fourth-order valence-corrected chi connectivity index (χ4v) is 3.59. The summed E-state index contributed by atoms with van der Waals surface area (Å²) < 4.78 is 59.9. The van der Waals surface area contributed by atoms with Crippen molar-refractivity contribution in [1.29, 1.82) is 0 Å². The zero-order chi connectivity index (χ0) is 10.2. The molecule has 74 valence electrons. The zero-order valence-corrected chi connectivity index (χ0v) is 8.58. The highest BCUT2D eigenvalue weighted by atomic mass is 32.2. The first kappa shape index (κ1) is 11.9. The van der Waals surface area contributed by atoms with Gasteiger partial charge >= 0.3 is 15.0 Å². The quantitative estimate of drug-likeness (QED) is 0.682. The van der Waals surface area contributed by atoms with Gasteiger partial charge in [0.05, 0.1) is 0 Å². The molecule has 12 heavy (non-hydrogen) atoms. The average Bonchev–Trinajstić information content (AvgIpc) is 1.85. The second kappa shape index (κ2) is 3.00. The summed E-state index contributed by atoms with van der Waals surface area (Å²) in [5.41, 5.74) is 0. The van der Waals surface area contributed by atoms with Crippen molar-refractivity contribution < 1.29 is 26.1 Å². The molecule has 0 fully saturated rings. The van der Waals surface area contributed by atoms with Crippen molar-refractivity contribution >= 4 is 18.2 Å². The van der Waals surface area contributed by atoms with Gasteiger partial charge in [-0.05, 0) is 4.53 Å². The predicted octanol–water partition coefficient (Wildman–Crippen LogP) is 1.69. The van der Waals surface area contributed by atoms with Gasteiger partial charge in [-0.25, -0.2) is 0 Å². The van der Waals surface area contributed by atoms with Crippen LogP contribution in [0.2, 0.25) is 19.6 Å². The van der Waals surface area contributed by atoms with Gasteiger partial charge in [0.1, 0.15) is 0 Å². The van der Waals surface area contributed by atoms with Gasteiger partial charge in [-0.2, -0.15) is 17.2 Å². The van der Waals surface area contributed by atoms with Crippen LogP contribution in [-0.2, 0) is 14.5 Å². The third kappa shape index (κ3) is 1.80. The molecule has 0 bridgehead atoms. The molecule has 0 N–H and O–H groups in total. The first-order valence-electron chi connectivity index (χ1n) is 2.99. The van der Waals surface area contributed by atoms with Crippen LogP contribution < -0.4 is 0 Å². The lowest BCUT2D eigenvalue weighted by molar-refractivity contribution is -0.0144. The molecule has 8 heteroatoms. The van der Waals surface area contributed by atoms with Crippen molar-refractivity contribution in [1.82, 2.24) is 0 Å². The van der Waals surface area contributed by atoms with E-state index in [1.807, 2.05) is 0 Å². The third-order valence-corrected chi connectivity index (χ3v) is 6.40. The standard InChI is InChI=1S/C4H9F3O3SSi/c1-12(2,3)4(5,6)11(8,9)10-7/h1-3H3. The van der Waals surface area contributed by atoms with Crippen molar-refractivity contribution in [3.63, 3.8) is 0 Å². The molecule has 0 amide bonds. The molecule has 0 heterocycles. The lowest BCUT2D eigenvalue weighted by atomic mass is 11.6. The smallest absolute Gasteiger partial charge is 0.191 e. The van der Waals surface area contributed by atoms with Crippen LogP contribution in [0.3, 0.4) is 0 Å². The van der Waals surface area contributed by atoms with Crippen LogP contribution in [0, 0.1) is 0 Å². The summed E-state index contributed by atoms with van der Waals surface area (Å²) in [5.74, 6) is 0. The molecule has 0 saturated heterocycles. The molecule has 0 spiro atoms. The Kier molecular flexibility index (Phi) is 2.98. The highest BCUT2D eigenvalue weighted by Gasteiger charge is 2.57. The molecule has 0 radical (unpaired) electrons. The Morgan fingerprint density at radius 3 is 1.67 bits per heavy atom. The topological polar surface area (TPSA) is 43.4 Å². The van der Waals surface area contributed by atoms with E-state index in [-0.39, 0.29) is 0 Å². The molecule has 0 rings (SSSR count). The minimum atomic E-state index is -5.39. The van der Waals surface area contributed by atoms with Crippen LogP contribution in [0.15, 0.2) is 0 Å². The first-order chi connectivity index (χ1) is 5.06. The van der Waals surface area contributed by atoms with Crippen LogP contribution in [0.4, 0.5) is 13.3 Å². The normalized spacial score (nSPS) is 14.8. The molecule has 0 unspecified atom stereocenters. The number of halogens is 3. The van der Waals surface area contributed by atoms with Crippen LogP contribution in [0.25, 0.3) is 0 Å². The fraction of sp³-hybridized carbons (Fsp3) is 1.00. The minimum Gasteiger partial charge on any atom is -0.191 e. The van der Waals surface area contributed by atoms with Crippen molar-refractivity contribution in [2.45, 2.75) is 24.5 Å². The molecule has 0 aromatic heterocycles. The lowest BCUT2D eigenvalue weighted by Crippen LogP contribution is -2.50. The van der Waals surface area contributed by atoms with Crippen molar-refractivity contribution in [2.75, 3.05) is 0 Å². The molecule has 0 saturated carbocycles. The molecule has 0 aliphatic carbocycles. The summed E-state index contributed by atoms with van der Waals surface area (Å²) in [6.07, 6.45) is 0. The number of rotatable bonds is 3. The molecular formula is C4H9F3O3SSi. The zero-order valence-electron chi connectivity index (χ0n) is 6.77. The van der Waals surface area contributed by atoms with Gasteiger partial charge in [0.25, 0.3) is 0 Å². The summed E-state index contributed by atoms with van der Waals surface area (Å²) >= 11 is 0. The SMILES string of the molecule is C[Si](C)(C)C(F)(F)S(=O)(=O)OF. The lowest BCUT2D eigenvalue weighted by Gasteiger charge is -2.25. The maximum Gasteiger partial charge on any atom is 0.358 e. The molecule has 0 aromatic carbocycles. The van der Waals surface area contributed by atoms with Crippen LogP contribution in [0.1, 0.15) is 0 Å². The summed E-state index contributed by atoms with van der Waals surface area (Å²) in [6.45, 7) is 3.30. The Morgan fingerprint density at radius 2 is 1.58 bits per heavy atom. The Morgan fingerprint density at radius 1 is 1.25 bits per heavy atom. The Labute approximate surface area is 69.6 Å². The van der Waals surface area contributed by atoms with Gasteiger partial charge < -0.3 is 0 Å². The van der Waals surface area contributed by atoms with Crippen molar-refractivity contribution in [3.05, 3.63) is 0 Å². The maximum atomic E-state index is 12.8. The van der Waals surface area contributed by atoms with Crippen LogP contribution >= 0.6 is 0 Å². The molecule has 0 aliphatic rings. The molecule has 0 atom stereocenters. The minimum absolute atomic E-state index is 1.10. The van der Waals surface area contributed by atoms with E-state index in [9.17, 15) is 21.7 Å². The molecule has 0 aliphatic heterocycles. The van der Waals surface area contributed by atoms with Crippen molar-refractivity contribution in [2.24, 2.45) is 0 Å². The van der Waals surface area contributed by atoms with E-state index in [0.29, 0.717) is 0 Å². The molecule has 0 aromatic rings. The van der Waals surface area contributed by atoms with Crippen LogP contribution in [-0.4, -0.2) is 21.4 Å². The van der Waals surface area contributed by atoms with Crippen molar-refractivity contribution in [3.8, 4) is 0 Å². The van der Waals surface area contributed by atoms with E-state index in [2.05, 4.69) is 4.39 Å². The van der Waals surface area contributed by atoms with E-state index in [4.69, 9.17) is 0 Å². The fourth-order valence-electron chi connectivity index (χ4n) is 0.415. The first-order valence-corrected chi connectivity index (χ1v) is 7.89. The summed E-state index contributed by atoms with van der Waals surface area (Å²) in [7, 11) is -8.72. The third-order valence-electron chi connectivity index (χ3n) is 1.27. The average molecular weight is 222 g/mol. The van der Waals surface area contributed by atoms with Gasteiger partial charge in [-0.15, -0.1) is 0 Å². The van der Waals surface area contributed by atoms with Gasteiger partial charge in [-0.3, -0.25) is 0 Å². The number of hydrogen-bond acceptors (Lipinski definition) is 3. The van der Waals surface area contributed by atoms with Gasteiger partial charge in [0, 0.05) is 0 Å². The number of alkyl halides is 2. The summed E-state index contributed by atoms with van der Waals surface area (Å²) in [4.78, 5) is -4.10. The highest BCUT2D eigenvalue weighted by Crippen LogP contribution is 2.33. The molecular weight excluding hydrogens is 213 g/mol. The molecule has 3 nitrogen and oxygen atoms in total. The van der Waals surface area contributed by atoms with E-state index in [1.54, 1.807) is 0 Å². The largest absolute Gasteiger partial charge is 0.358 e. The van der Waals surface area contributed by atoms with E-state index >= 15 is 0 Å². The number of hydrogen-bond donors (Lipinski definition) is 0. The van der Waals surface area contributed by atoms with E-state index in [0.717, 1.165) is 19.6 Å². The highest BCUT2D eigenvalue weighted by molar-refractivity contribution is 7.89. The van der Waals surface area contributed by atoms with E-state index < -0.39 is 23.1 Å². The predicted molar refractivity (Wildman–Crippen MR) is 39.4 cm³/mol. The Hall–Kier alpha value is -0.0831.